The molecule has 0 aliphatic rings. The van der Waals surface area contributed by atoms with Crippen molar-refractivity contribution in [1.82, 2.24) is 9.55 Å². The molecule has 0 N–H and O–H groups in total. The SMILES string of the molecule is Cc1nc2cc(-n3c4ccccc4c4ccccc43)ccc2o1. The van der Waals surface area contributed by atoms with E-state index in [1.807, 2.05) is 13.0 Å². The van der Waals surface area contributed by atoms with Gasteiger partial charge in [-0.1, -0.05) is 36.4 Å². The summed E-state index contributed by atoms with van der Waals surface area (Å²) in [5, 5.41) is 2.53. The first-order valence-corrected chi connectivity index (χ1v) is 7.67. The molecule has 0 atom stereocenters. The summed E-state index contributed by atoms with van der Waals surface area (Å²) in [7, 11) is 0. The first-order valence-electron chi connectivity index (χ1n) is 7.67. The molecule has 2 heterocycles. The first kappa shape index (κ1) is 12.5. The lowest BCUT2D eigenvalue weighted by molar-refractivity contribution is 0.561. The van der Waals surface area contributed by atoms with Crippen molar-refractivity contribution in [3.8, 4) is 5.69 Å². The minimum atomic E-state index is 0.694. The zero-order valence-electron chi connectivity index (χ0n) is 12.7. The van der Waals surface area contributed by atoms with Gasteiger partial charge in [0, 0.05) is 23.4 Å². The van der Waals surface area contributed by atoms with E-state index in [1.54, 1.807) is 0 Å². The van der Waals surface area contributed by atoms with Crippen LogP contribution < -0.4 is 0 Å². The molecule has 23 heavy (non-hydrogen) atoms. The Morgan fingerprint density at radius 1 is 0.826 bits per heavy atom. The molecule has 0 amide bonds. The maximum atomic E-state index is 5.59. The normalized spacial score (nSPS) is 11.7. The van der Waals surface area contributed by atoms with E-state index < -0.39 is 0 Å². The van der Waals surface area contributed by atoms with Gasteiger partial charge in [-0.15, -0.1) is 0 Å². The van der Waals surface area contributed by atoms with E-state index in [0.29, 0.717) is 5.89 Å². The topological polar surface area (TPSA) is 31.0 Å². The number of oxazole rings is 1. The van der Waals surface area contributed by atoms with E-state index in [2.05, 4.69) is 70.2 Å². The quantitative estimate of drug-likeness (QED) is 0.424. The molecule has 0 spiro atoms. The molecule has 0 fully saturated rings. The van der Waals surface area contributed by atoms with Crippen LogP contribution in [-0.4, -0.2) is 9.55 Å². The predicted octanol–water partition coefficient (Wildman–Crippen LogP) is 5.23. The molecule has 3 heteroatoms. The standard InChI is InChI=1S/C20H14N2O/c1-13-21-17-12-14(10-11-20(17)23-13)22-18-8-4-2-6-15(18)16-7-3-5-9-19(16)22/h2-12H,1H3. The van der Waals surface area contributed by atoms with Crippen LogP contribution >= 0.6 is 0 Å². The molecule has 0 aliphatic heterocycles. The van der Waals surface area contributed by atoms with Crippen LogP contribution in [0, 0.1) is 6.92 Å². The summed E-state index contributed by atoms with van der Waals surface area (Å²) in [6.45, 7) is 1.88. The molecule has 110 valence electrons. The lowest BCUT2D eigenvalue weighted by atomic mass is 10.2. The number of hydrogen-bond acceptors (Lipinski definition) is 2. The van der Waals surface area contributed by atoms with Gasteiger partial charge in [0.05, 0.1) is 11.0 Å². The second-order valence-electron chi connectivity index (χ2n) is 5.75. The fourth-order valence-electron chi connectivity index (χ4n) is 3.37. The van der Waals surface area contributed by atoms with Crippen molar-refractivity contribution >= 4 is 32.9 Å². The minimum Gasteiger partial charge on any atom is -0.441 e. The number of hydrogen-bond donors (Lipinski definition) is 0. The zero-order chi connectivity index (χ0) is 15.4. The van der Waals surface area contributed by atoms with Crippen LogP contribution in [0.25, 0.3) is 38.6 Å². The summed E-state index contributed by atoms with van der Waals surface area (Å²) in [5.74, 6) is 0.694. The van der Waals surface area contributed by atoms with E-state index in [0.717, 1.165) is 16.8 Å². The molecule has 0 unspecified atom stereocenters. The van der Waals surface area contributed by atoms with Gasteiger partial charge >= 0.3 is 0 Å². The lowest BCUT2D eigenvalue weighted by Gasteiger charge is -2.07. The van der Waals surface area contributed by atoms with Crippen LogP contribution in [-0.2, 0) is 0 Å². The largest absolute Gasteiger partial charge is 0.441 e. The van der Waals surface area contributed by atoms with Gasteiger partial charge in [0.2, 0.25) is 0 Å². The van der Waals surface area contributed by atoms with Crippen LogP contribution in [0.4, 0.5) is 0 Å². The van der Waals surface area contributed by atoms with Gasteiger partial charge < -0.3 is 8.98 Å². The smallest absolute Gasteiger partial charge is 0.192 e. The van der Waals surface area contributed by atoms with Gasteiger partial charge in [-0.05, 0) is 30.3 Å². The Morgan fingerprint density at radius 2 is 1.48 bits per heavy atom. The number of para-hydroxylation sites is 2. The average Bonchev–Trinajstić information content (AvgIpc) is 3.11. The summed E-state index contributed by atoms with van der Waals surface area (Å²) in [5.41, 5.74) is 5.22. The Morgan fingerprint density at radius 3 is 2.17 bits per heavy atom. The molecule has 0 bridgehead atoms. The molecular weight excluding hydrogens is 284 g/mol. The molecule has 3 aromatic carbocycles. The number of rotatable bonds is 1. The van der Waals surface area contributed by atoms with Crippen molar-refractivity contribution in [2.45, 2.75) is 6.92 Å². The summed E-state index contributed by atoms with van der Waals surface area (Å²) < 4.78 is 7.88. The Bertz CT molecular complexity index is 1130. The number of aromatic nitrogens is 2. The van der Waals surface area contributed by atoms with E-state index >= 15 is 0 Å². The van der Waals surface area contributed by atoms with Crippen molar-refractivity contribution in [1.29, 1.82) is 0 Å². The Labute approximate surface area is 132 Å². The monoisotopic (exact) mass is 298 g/mol. The highest BCUT2D eigenvalue weighted by Crippen LogP contribution is 2.32. The third kappa shape index (κ3) is 1.73. The molecule has 0 aliphatic carbocycles. The second-order valence-corrected chi connectivity index (χ2v) is 5.75. The van der Waals surface area contributed by atoms with E-state index in [-0.39, 0.29) is 0 Å². The zero-order valence-corrected chi connectivity index (χ0v) is 12.7. The number of benzene rings is 3. The molecule has 0 saturated heterocycles. The highest BCUT2D eigenvalue weighted by atomic mass is 16.3. The van der Waals surface area contributed by atoms with Crippen molar-refractivity contribution in [2.75, 3.05) is 0 Å². The Balaban J connectivity index is 1.92. The van der Waals surface area contributed by atoms with Crippen LogP contribution in [0.1, 0.15) is 5.89 Å². The Hall–Kier alpha value is -3.07. The third-order valence-electron chi connectivity index (χ3n) is 4.32. The van der Waals surface area contributed by atoms with E-state index in [9.17, 15) is 0 Å². The predicted molar refractivity (Wildman–Crippen MR) is 93.1 cm³/mol. The first-order chi connectivity index (χ1) is 11.3. The van der Waals surface area contributed by atoms with Gasteiger partial charge in [0.25, 0.3) is 0 Å². The van der Waals surface area contributed by atoms with E-state index in [1.165, 1.54) is 21.8 Å². The second kappa shape index (κ2) is 4.46. The number of nitrogens with zero attached hydrogens (tertiary/aromatic N) is 2. The van der Waals surface area contributed by atoms with E-state index in [4.69, 9.17) is 4.42 Å². The minimum absolute atomic E-state index is 0.694. The fraction of sp³-hybridized carbons (Fsp3) is 0.0500. The average molecular weight is 298 g/mol. The van der Waals surface area contributed by atoms with Crippen molar-refractivity contribution in [2.24, 2.45) is 0 Å². The molecular formula is C20H14N2O. The maximum Gasteiger partial charge on any atom is 0.192 e. The molecule has 3 nitrogen and oxygen atoms in total. The lowest BCUT2D eigenvalue weighted by Crippen LogP contribution is -1.93. The highest BCUT2D eigenvalue weighted by Gasteiger charge is 2.12. The van der Waals surface area contributed by atoms with Crippen molar-refractivity contribution in [3.05, 3.63) is 72.6 Å². The van der Waals surface area contributed by atoms with Gasteiger partial charge in [0.15, 0.2) is 11.5 Å². The van der Waals surface area contributed by atoms with Crippen LogP contribution in [0.15, 0.2) is 71.1 Å². The summed E-state index contributed by atoms with van der Waals surface area (Å²) >= 11 is 0. The van der Waals surface area contributed by atoms with Gasteiger partial charge in [-0.2, -0.15) is 0 Å². The van der Waals surface area contributed by atoms with Gasteiger partial charge in [-0.3, -0.25) is 0 Å². The highest BCUT2D eigenvalue weighted by molar-refractivity contribution is 6.09. The van der Waals surface area contributed by atoms with Gasteiger partial charge in [0.1, 0.15) is 5.52 Å². The van der Waals surface area contributed by atoms with Crippen LogP contribution in [0.2, 0.25) is 0 Å². The third-order valence-corrected chi connectivity index (χ3v) is 4.32. The summed E-state index contributed by atoms with van der Waals surface area (Å²) in [6, 6.07) is 23.2. The van der Waals surface area contributed by atoms with Crippen LogP contribution in [0.5, 0.6) is 0 Å². The summed E-state index contributed by atoms with van der Waals surface area (Å²) in [4.78, 5) is 4.46. The number of aryl methyl sites for hydroxylation is 1. The number of fused-ring (bicyclic) bond motifs is 4. The fourth-order valence-corrected chi connectivity index (χ4v) is 3.37. The molecule has 5 rings (SSSR count). The van der Waals surface area contributed by atoms with Crippen molar-refractivity contribution in [3.63, 3.8) is 0 Å². The molecule has 5 aromatic rings. The molecule has 0 radical (unpaired) electrons. The van der Waals surface area contributed by atoms with Crippen molar-refractivity contribution < 1.29 is 4.42 Å². The maximum absolute atomic E-state index is 5.59. The van der Waals surface area contributed by atoms with Gasteiger partial charge in [-0.25, -0.2) is 4.98 Å². The van der Waals surface area contributed by atoms with Crippen LogP contribution in [0.3, 0.4) is 0 Å². The Kier molecular flexibility index (Phi) is 2.42. The summed E-state index contributed by atoms with van der Waals surface area (Å²) in [6.07, 6.45) is 0. The molecule has 2 aromatic heterocycles. The molecule has 0 saturated carbocycles.